The topological polar surface area (TPSA) is 20.2 Å². The largest absolute Gasteiger partial charge is 0.389 e. The molecule has 20 heavy (non-hydrogen) atoms. The average Bonchev–Trinajstić information content (AvgIpc) is 2.47. The summed E-state index contributed by atoms with van der Waals surface area (Å²) in [5, 5.41) is 11.3. The Morgan fingerprint density at radius 3 is 2.85 bits per heavy atom. The highest BCUT2D eigenvalue weighted by Gasteiger charge is 2.43. The fourth-order valence-electron chi connectivity index (χ4n) is 4.49. The molecule has 0 radical (unpaired) electrons. The highest BCUT2D eigenvalue weighted by Crippen LogP contribution is 2.45. The normalized spacial score (nSPS) is 33.8. The summed E-state index contributed by atoms with van der Waals surface area (Å²) in [6, 6.07) is 6.54. The van der Waals surface area contributed by atoms with Crippen molar-refractivity contribution in [3.05, 3.63) is 33.8 Å². The Hall–Kier alpha value is -0.340. The number of aryl methyl sites for hydroxylation is 1. The molecule has 2 aliphatic carbocycles. The summed E-state index contributed by atoms with van der Waals surface area (Å²) in [4.78, 5) is 0. The van der Waals surface area contributed by atoms with Crippen LogP contribution in [0.3, 0.4) is 0 Å². The molecule has 2 heteroatoms. The van der Waals surface area contributed by atoms with Crippen LogP contribution in [0, 0.1) is 11.8 Å². The fourth-order valence-corrected chi connectivity index (χ4v) is 4.90. The third-order valence-electron chi connectivity index (χ3n) is 5.62. The predicted molar refractivity (Wildman–Crippen MR) is 86.9 cm³/mol. The van der Waals surface area contributed by atoms with Crippen LogP contribution in [-0.2, 0) is 12.8 Å². The minimum absolute atomic E-state index is 0.456. The van der Waals surface area contributed by atoms with E-state index in [1.54, 1.807) is 0 Å². The Bertz CT molecular complexity index is 484. The molecule has 0 amide bonds. The number of hydrogen-bond donors (Lipinski definition) is 1. The Kier molecular flexibility index (Phi) is 4.24. The monoisotopic (exact) mass is 336 g/mol. The molecule has 1 nitrogen and oxygen atoms in total. The lowest BCUT2D eigenvalue weighted by Crippen LogP contribution is -2.47. The van der Waals surface area contributed by atoms with Gasteiger partial charge in [0.25, 0.3) is 0 Å². The molecule has 1 N–H and O–H groups in total. The van der Waals surface area contributed by atoms with E-state index < -0.39 is 5.60 Å². The zero-order valence-corrected chi connectivity index (χ0v) is 14.0. The first kappa shape index (κ1) is 14.6. The Morgan fingerprint density at radius 2 is 2.05 bits per heavy atom. The number of fused-ring (bicyclic) bond motifs is 1. The van der Waals surface area contributed by atoms with Crippen LogP contribution in [0.4, 0.5) is 0 Å². The van der Waals surface area contributed by atoms with E-state index in [0.717, 1.165) is 29.7 Å². The SMILES string of the molecule is CCC1CCCCC1C1(O)CCc2cc(Br)ccc2C1. The molecule has 110 valence electrons. The molecule has 0 bridgehead atoms. The highest BCUT2D eigenvalue weighted by molar-refractivity contribution is 9.10. The third-order valence-corrected chi connectivity index (χ3v) is 6.11. The maximum absolute atomic E-state index is 11.3. The minimum atomic E-state index is -0.456. The highest BCUT2D eigenvalue weighted by atomic mass is 79.9. The van der Waals surface area contributed by atoms with Gasteiger partial charge in [-0.3, -0.25) is 0 Å². The van der Waals surface area contributed by atoms with Gasteiger partial charge in [0.15, 0.2) is 0 Å². The van der Waals surface area contributed by atoms with Crippen LogP contribution in [0.1, 0.15) is 56.6 Å². The van der Waals surface area contributed by atoms with Crippen molar-refractivity contribution in [1.82, 2.24) is 0 Å². The van der Waals surface area contributed by atoms with E-state index in [4.69, 9.17) is 0 Å². The second kappa shape index (κ2) is 5.81. The number of halogens is 1. The molecule has 2 aliphatic rings. The van der Waals surface area contributed by atoms with Gasteiger partial charge in [0.2, 0.25) is 0 Å². The number of aliphatic hydroxyl groups is 1. The standard InChI is InChI=1S/C18H25BrO/c1-2-13-5-3-4-6-17(13)18(20)10-9-14-11-16(19)8-7-15(14)12-18/h7-8,11,13,17,20H,2-6,9-10,12H2,1H3. The van der Waals surface area contributed by atoms with Crippen LogP contribution in [0.2, 0.25) is 0 Å². The van der Waals surface area contributed by atoms with E-state index in [2.05, 4.69) is 41.1 Å². The molecule has 0 spiro atoms. The van der Waals surface area contributed by atoms with Crippen molar-refractivity contribution >= 4 is 15.9 Å². The maximum Gasteiger partial charge on any atom is 0.0721 e. The van der Waals surface area contributed by atoms with Gasteiger partial charge < -0.3 is 5.11 Å². The molecular weight excluding hydrogens is 312 g/mol. The minimum Gasteiger partial charge on any atom is -0.389 e. The van der Waals surface area contributed by atoms with Gasteiger partial charge in [-0.25, -0.2) is 0 Å². The maximum atomic E-state index is 11.3. The van der Waals surface area contributed by atoms with Crippen molar-refractivity contribution in [3.63, 3.8) is 0 Å². The fraction of sp³-hybridized carbons (Fsp3) is 0.667. The molecule has 3 unspecified atom stereocenters. The van der Waals surface area contributed by atoms with Crippen molar-refractivity contribution in [2.45, 2.75) is 63.9 Å². The first-order valence-corrected chi connectivity index (χ1v) is 8.91. The Labute approximate surface area is 130 Å². The number of benzene rings is 1. The summed E-state index contributed by atoms with van der Waals surface area (Å²) in [7, 11) is 0. The summed E-state index contributed by atoms with van der Waals surface area (Å²) >= 11 is 3.55. The Balaban J connectivity index is 1.84. The van der Waals surface area contributed by atoms with Gasteiger partial charge in [-0.05, 0) is 54.4 Å². The van der Waals surface area contributed by atoms with Crippen LogP contribution in [0.5, 0.6) is 0 Å². The molecular formula is C18H25BrO. The van der Waals surface area contributed by atoms with Crippen LogP contribution >= 0.6 is 15.9 Å². The molecule has 1 fully saturated rings. The quantitative estimate of drug-likeness (QED) is 0.815. The van der Waals surface area contributed by atoms with Crippen molar-refractivity contribution in [2.75, 3.05) is 0 Å². The van der Waals surface area contributed by atoms with Crippen molar-refractivity contribution in [3.8, 4) is 0 Å². The first-order chi connectivity index (χ1) is 9.62. The van der Waals surface area contributed by atoms with Gasteiger partial charge in [-0.15, -0.1) is 0 Å². The lowest BCUT2D eigenvalue weighted by Gasteiger charge is -2.45. The molecule has 0 heterocycles. The summed E-state index contributed by atoms with van der Waals surface area (Å²) in [5.41, 5.74) is 2.33. The predicted octanol–water partition coefficient (Wildman–Crippen LogP) is 4.89. The van der Waals surface area contributed by atoms with Crippen LogP contribution in [0.25, 0.3) is 0 Å². The van der Waals surface area contributed by atoms with E-state index in [1.807, 2.05) is 0 Å². The zero-order chi connectivity index (χ0) is 14.2. The summed E-state index contributed by atoms with van der Waals surface area (Å²) in [6.45, 7) is 2.29. The van der Waals surface area contributed by atoms with E-state index >= 15 is 0 Å². The van der Waals surface area contributed by atoms with Gasteiger partial charge in [0, 0.05) is 10.9 Å². The van der Waals surface area contributed by atoms with E-state index in [9.17, 15) is 5.11 Å². The Morgan fingerprint density at radius 1 is 1.25 bits per heavy atom. The van der Waals surface area contributed by atoms with Crippen molar-refractivity contribution in [2.24, 2.45) is 11.8 Å². The van der Waals surface area contributed by atoms with E-state index in [0.29, 0.717) is 5.92 Å². The number of hydrogen-bond acceptors (Lipinski definition) is 1. The zero-order valence-electron chi connectivity index (χ0n) is 12.4. The third kappa shape index (κ3) is 2.69. The van der Waals surface area contributed by atoms with Gasteiger partial charge >= 0.3 is 0 Å². The second-order valence-corrected chi connectivity index (χ2v) is 7.67. The lowest BCUT2D eigenvalue weighted by molar-refractivity contribution is -0.0677. The van der Waals surface area contributed by atoms with Crippen molar-refractivity contribution < 1.29 is 5.11 Å². The van der Waals surface area contributed by atoms with Gasteiger partial charge in [0.05, 0.1) is 5.60 Å². The molecule has 3 rings (SSSR count). The molecule has 1 saturated carbocycles. The molecule has 1 aromatic carbocycles. The summed E-state index contributed by atoms with van der Waals surface area (Å²) in [6.07, 6.45) is 9.25. The van der Waals surface area contributed by atoms with Crippen molar-refractivity contribution in [1.29, 1.82) is 0 Å². The van der Waals surface area contributed by atoms with E-state index in [-0.39, 0.29) is 0 Å². The summed E-state index contributed by atoms with van der Waals surface area (Å²) in [5.74, 6) is 1.24. The molecule has 0 saturated heterocycles. The van der Waals surface area contributed by atoms with Crippen LogP contribution < -0.4 is 0 Å². The van der Waals surface area contributed by atoms with E-state index in [1.165, 1.54) is 43.2 Å². The molecule has 0 aromatic heterocycles. The number of rotatable bonds is 2. The molecule has 3 atom stereocenters. The van der Waals surface area contributed by atoms with Gasteiger partial charge in [-0.1, -0.05) is 54.6 Å². The van der Waals surface area contributed by atoms with Crippen LogP contribution in [-0.4, -0.2) is 10.7 Å². The van der Waals surface area contributed by atoms with Gasteiger partial charge in [0.1, 0.15) is 0 Å². The van der Waals surface area contributed by atoms with Gasteiger partial charge in [-0.2, -0.15) is 0 Å². The first-order valence-electron chi connectivity index (χ1n) is 8.12. The molecule has 0 aliphatic heterocycles. The average molecular weight is 337 g/mol. The second-order valence-electron chi connectivity index (χ2n) is 6.75. The molecule has 1 aromatic rings. The van der Waals surface area contributed by atoms with Crippen LogP contribution in [0.15, 0.2) is 22.7 Å². The summed E-state index contributed by atoms with van der Waals surface area (Å²) < 4.78 is 1.16. The smallest absolute Gasteiger partial charge is 0.0721 e. The lowest BCUT2D eigenvalue weighted by atomic mass is 9.63.